The highest BCUT2D eigenvalue weighted by Crippen LogP contribution is 2.27. The molecule has 0 saturated carbocycles. The Morgan fingerprint density at radius 1 is 1.07 bits per heavy atom. The zero-order valence-electron chi connectivity index (χ0n) is 16.7. The highest BCUT2D eigenvalue weighted by Gasteiger charge is 2.28. The fourth-order valence-corrected chi connectivity index (χ4v) is 4.31. The minimum absolute atomic E-state index is 0.0174. The SMILES string of the molecule is COc1ccc(-c2nc(C(=O)N3CCC(C(=O)Nc4ccccc4)CC3)cs2)cc1. The second-order valence-electron chi connectivity index (χ2n) is 7.19. The van der Waals surface area contributed by atoms with Crippen molar-refractivity contribution < 1.29 is 14.3 Å². The lowest BCUT2D eigenvalue weighted by molar-refractivity contribution is -0.121. The zero-order valence-corrected chi connectivity index (χ0v) is 17.5. The minimum Gasteiger partial charge on any atom is -0.497 e. The summed E-state index contributed by atoms with van der Waals surface area (Å²) in [5.74, 6) is 0.641. The summed E-state index contributed by atoms with van der Waals surface area (Å²) in [7, 11) is 1.63. The molecule has 0 atom stereocenters. The van der Waals surface area contributed by atoms with Crippen molar-refractivity contribution in [1.29, 1.82) is 0 Å². The molecule has 0 spiro atoms. The van der Waals surface area contributed by atoms with Crippen molar-refractivity contribution in [2.45, 2.75) is 12.8 Å². The number of para-hydroxylation sites is 1. The number of hydrogen-bond acceptors (Lipinski definition) is 5. The van der Waals surface area contributed by atoms with Gasteiger partial charge in [0.15, 0.2) is 0 Å². The molecule has 1 aliphatic rings. The van der Waals surface area contributed by atoms with Crippen LogP contribution < -0.4 is 10.1 Å². The monoisotopic (exact) mass is 421 g/mol. The lowest BCUT2D eigenvalue weighted by Crippen LogP contribution is -2.41. The molecule has 2 amide bonds. The average Bonchev–Trinajstić information content (AvgIpc) is 3.30. The van der Waals surface area contributed by atoms with Crippen molar-refractivity contribution in [3.05, 3.63) is 65.7 Å². The maximum Gasteiger partial charge on any atom is 0.273 e. The predicted molar refractivity (Wildman–Crippen MR) is 118 cm³/mol. The van der Waals surface area contributed by atoms with E-state index in [2.05, 4.69) is 10.3 Å². The number of anilines is 1. The van der Waals surface area contributed by atoms with Crippen LogP contribution in [0.4, 0.5) is 5.69 Å². The first-order valence-electron chi connectivity index (χ1n) is 9.89. The summed E-state index contributed by atoms with van der Waals surface area (Å²) in [5, 5.41) is 5.56. The summed E-state index contributed by atoms with van der Waals surface area (Å²) in [6, 6.07) is 17.1. The highest BCUT2D eigenvalue weighted by molar-refractivity contribution is 7.13. The van der Waals surface area contributed by atoms with Crippen molar-refractivity contribution >= 4 is 28.8 Å². The van der Waals surface area contributed by atoms with Crippen LogP contribution in [0.15, 0.2) is 60.0 Å². The van der Waals surface area contributed by atoms with Gasteiger partial charge in [0.05, 0.1) is 7.11 Å². The smallest absolute Gasteiger partial charge is 0.273 e. The third kappa shape index (κ3) is 4.52. The van der Waals surface area contributed by atoms with Crippen LogP contribution in [-0.4, -0.2) is 41.9 Å². The number of carbonyl (C=O) groups is 2. The van der Waals surface area contributed by atoms with Crippen molar-refractivity contribution in [2.75, 3.05) is 25.5 Å². The number of carbonyl (C=O) groups excluding carboxylic acids is 2. The molecule has 1 saturated heterocycles. The molecule has 1 fully saturated rings. The number of nitrogens with one attached hydrogen (secondary N) is 1. The van der Waals surface area contributed by atoms with Crippen molar-refractivity contribution in [3.8, 4) is 16.3 Å². The molecule has 0 radical (unpaired) electrons. The maximum absolute atomic E-state index is 12.9. The second-order valence-corrected chi connectivity index (χ2v) is 8.05. The van der Waals surface area contributed by atoms with Crippen LogP contribution in [-0.2, 0) is 4.79 Å². The number of methoxy groups -OCH3 is 1. The number of amides is 2. The van der Waals surface area contributed by atoms with Crippen LogP contribution in [0.25, 0.3) is 10.6 Å². The van der Waals surface area contributed by atoms with Crippen LogP contribution in [0.3, 0.4) is 0 Å². The Balaban J connectivity index is 1.34. The number of likely N-dealkylation sites (tertiary alicyclic amines) is 1. The quantitative estimate of drug-likeness (QED) is 0.666. The van der Waals surface area contributed by atoms with E-state index < -0.39 is 0 Å². The van der Waals surface area contributed by atoms with Crippen molar-refractivity contribution in [1.82, 2.24) is 9.88 Å². The van der Waals surface area contributed by atoms with Gasteiger partial charge in [-0.05, 0) is 49.2 Å². The number of aromatic nitrogens is 1. The van der Waals surface area contributed by atoms with Gasteiger partial charge in [-0.3, -0.25) is 9.59 Å². The number of thiazole rings is 1. The average molecular weight is 422 g/mol. The van der Waals surface area contributed by atoms with Gasteiger partial charge in [0.2, 0.25) is 5.91 Å². The Morgan fingerprint density at radius 2 is 1.77 bits per heavy atom. The number of rotatable bonds is 5. The Bertz CT molecular complexity index is 1010. The molecule has 3 aromatic rings. The fourth-order valence-electron chi connectivity index (χ4n) is 3.51. The molecule has 2 aromatic carbocycles. The Morgan fingerprint density at radius 3 is 2.43 bits per heavy atom. The minimum atomic E-state index is -0.0837. The molecule has 4 rings (SSSR count). The Labute approximate surface area is 179 Å². The molecule has 1 N–H and O–H groups in total. The summed E-state index contributed by atoms with van der Waals surface area (Å²) >= 11 is 1.45. The maximum atomic E-state index is 12.9. The summed E-state index contributed by atoms with van der Waals surface area (Å²) < 4.78 is 5.18. The number of piperidine rings is 1. The van der Waals surface area contributed by atoms with Gasteiger partial charge < -0.3 is 15.0 Å². The first kappa shape index (κ1) is 20.1. The third-order valence-electron chi connectivity index (χ3n) is 5.25. The van der Waals surface area contributed by atoms with Crippen molar-refractivity contribution in [3.63, 3.8) is 0 Å². The van der Waals surface area contributed by atoms with E-state index in [-0.39, 0.29) is 17.7 Å². The topological polar surface area (TPSA) is 71.5 Å². The molecule has 2 heterocycles. The second kappa shape index (κ2) is 9.09. The van der Waals surface area contributed by atoms with Gasteiger partial charge in [0, 0.05) is 35.6 Å². The van der Waals surface area contributed by atoms with Gasteiger partial charge in [-0.1, -0.05) is 18.2 Å². The summed E-state index contributed by atoms with van der Waals surface area (Å²) in [6.07, 6.45) is 1.31. The first-order chi connectivity index (χ1) is 14.6. The van der Waals surface area contributed by atoms with E-state index in [1.807, 2.05) is 54.6 Å². The van der Waals surface area contributed by atoms with Gasteiger partial charge in [-0.2, -0.15) is 0 Å². The molecule has 0 unspecified atom stereocenters. The summed E-state index contributed by atoms with van der Waals surface area (Å²) in [6.45, 7) is 1.11. The number of benzene rings is 2. The Hall–Kier alpha value is -3.19. The molecule has 154 valence electrons. The van der Waals surface area contributed by atoms with Crippen LogP contribution >= 0.6 is 11.3 Å². The van der Waals surface area contributed by atoms with Crippen LogP contribution in [0, 0.1) is 5.92 Å². The molecular weight excluding hydrogens is 398 g/mol. The lowest BCUT2D eigenvalue weighted by atomic mass is 9.95. The van der Waals surface area contributed by atoms with Gasteiger partial charge in [0.1, 0.15) is 16.5 Å². The van der Waals surface area contributed by atoms with Gasteiger partial charge in [-0.15, -0.1) is 11.3 Å². The van der Waals surface area contributed by atoms with Crippen LogP contribution in [0.2, 0.25) is 0 Å². The molecule has 1 aromatic heterocycles. The van der Waals surface area contributed by atoms with Gasteiger partial charge in [-0.25, -0.2) is 4.98 Å². The van der Waals surface area contributed by atoms with Crippen LogP contribution in [0.1, 0.15) is 23.3 Å². The Kier molecular flexibility index (Phi) is 6.09. The van der Waals surface area contributed by atoms with Crippen molar-refractivity contribution in [2.24, 2.45) is 5.92 Å². The first-order valence-corrected chi connectivity index (χ1v) is 10.8. The number of ether oxygens (including phenoxy) is 1. The molecule has 1 aliphatic heterocycles. The number of hydrogen-bond donors (Lipinski definition) is 1. The van der Waals surface area contributed by atoms with E-state index in [1.54, 1.807) is 17.4 Å². The largest absolute Gasteiger partial charge is 0.497 e. The third-order valence-corrected chi connectivity index (χ3v) is 6.15. The molecule has 0 bridgehead atoms. The lowest BCUT2D eigenvalue weighted by Gasteiger charge is -2.30. The predicted octanol–water partition coefficient (Wildman–Crippen LogP) is 4.31. The van der Waals surface area contributed by atoms with E-state index in [0.29, 0.717) is 31.6 Å². The van der Waals surface area contributed by atoms with E-state index in [4.69, 9.17) is 4.74 Å². The molecule has 7 heteroatoms. The summed E-state index contributed by atoms with van der Waals surface area (Å²) in [4.78, 5) is 31.7. The van der Waals surface area contributed by atoms with E-state index >= 15 is 0 Å². The van der Waals surface area contributed by atoms with Gasteiger partial charge in [0.25, 0.3) is 5.91 Å². The fraction of sp³-hybridized carbons (Fsp3) is 0.261. The standard InChI is InChI=1S/C23H23N3O3S/c1-29-19-9-7-17(8-10-19)22-25-20(15-30-22)23(28)26-13-11-16(12-14-26)21(27)24-18-5-3-2-4-6-18/h2-10,15-16H,11-14H2,1H3,(H,24,27). The molecule has 0 aliphatic carbocycles. The van der Waals surface area contributed by atoms with E-state index in [1.165, 1.54) is 11.3 Å². The number of nitrogens with zero attached hydrogens (tertiary/aromatic N) is 2. The highest BCUT2D eigenvalue weighted by atomic mass is 32.1. The van der Waals surface area contributed by atoms with E-state index in [0.717, 1.165) is 22.0 Å². The van der Waals surface area contributed by atoms with Crippen LogP contribution in [0.5, 0.6) is 5.75 Å². The zero-order chi connectivity index (χ0) is 20.9. The summed E-state index contributed by atoms with van der Waals surface area (Å²) in [5.41, 5.74) is 2.21. The van der Waals surface area contributed by atoms with Gasteiger partial charge >= 0.3 is 0 Å². The van der Waals surface area contributed by atoms with E-state index in [9.17, 15) is 9.59 Å². The molecular formula is C23H23N3O3S. The molecule has 30 heavy (non-hydrogen) atoms. The molecule has 6 nitrogen and oxygen atoms in total. The normalized spacial score (nSPS) is 14.4.